The predicted octanol–water partition coefficient (Wildman–Crippen LogP) is 0.790. The molecular weight excluding hydrogens is 869 g/mol. The van der Waals surface area contributed by atoms with E-state index in [4.69, 9.17) is 15.0 Å². The third-order valence-corrected chi connectivity index (χ3v) is 10.9. The Bertz CT molecular complexity index is 1210. The Morgan fingerprint density at radius 1 is 0.629 bits per heavy atom. The number of thiol groups is 2. The van der Waals surface area contributed by atoms with Gasteiger partial charge < -0.3 is 41.5 Å². The van der Waals surface area contributed by atoms with Crippen molar-refractivity contribution in [3.05, 3.63) is 0 Å². The molecule has 0 radical (unpaired) electrons. The van der Waals surface area contributed by atoms with Crippen molar-refractivity contribution in [2.24, 2.45) is 11.8 Å². The molecule has 364 valence electrons. The van der Waals surface area contributed by atoms with Crippen LogP contribution in [0.25, 0.3) is 0 Å². The summed E-state index contributed by atoms with van der Waals surface area (Å²) in [5.41, 5.74) is 0. The van der Waals surface area contributed by atoms with Gasteiger partial charge in [0.2, 0.25) is 11.8 Å². The summed E-state index contributed by atoms with van der Waals surface area (Å²) in [5, 5.41) is 53.2. The molecule has 9 N–H and O–H groups in total. The molecule has 0 bridgehead atoms. The van der Waals surface area contributed by atoms with Gasteiger partial charge in [0, 0.05) is 91.2 Å². The summed E-state index contributed by atoms with van der Waals surface area (Å²) in [6, 6.07) is -0.626. The Morgan fingerprint density at radius 3 is 1.39 bits per heavy atom. The van der Waals surface area contributed by atoms with Gasteiger partial charge in [-0.25, -0.2) is 0 Å². The first-order chi connectivity index (χ1) is 29.4. The number of carboxylic acids is 5. The van der Waals surface area contributed by atoms with Gasteiger partial charge in [0.25, 0.3) is 5.97 Å². The molecule has 1 heterocycles. The molecule has 0 saturated carbocycles. The maximum atomic E-state index is 13.1. The summed E-state index contributed by atoms with van der Waals surface area (Å²) in [7, 11) is 0. The number of amides is 2. The number of carbonyl (C=O) groups excluding carboxylic acids is 2. The van der Waals surface area contributed by atoms with E-state index in [-0.39, 0.29) is 96.8 Å². The predicted molar refractivity (Wildman–Crippen MR) is 249 cm³/mol. The lowest BCUT2D eigenvalue weighted by Crippen LogP contribution is -2.51. The van der Waals surface area contributed by atoms with E-state index in [0.29, 0.717) is 38.0 Å². The van der Waals surface area contributed by atoms with E-state index in [9.17, 15) is 44.1 Å². The fourth-order valence-electron chi connectivity index (χ4n) is 5.78. The van der Waals surface area contributed by atoms with E-state index in [2.05, 4.69) is 66.7 Å². The molecule has 23 heteroatoms. The fourth-order valence-corrected chi connectivity index (χ4v) is 6.71. The van der Waals surface area contributed by atoms with Crippen LogP contribution in [0.1, 0.15) is 67.2 Å². The molecule has 1 aliphatic heterocycles. The van der Waals surface area contributed by atoms with Crippen LogP contribution in [0, 0.1) is 11.8 Å². The second kappa shape index (κ2) is 42.1. The first-order valence-electron chi connectivity index (χ1n) is 21.2. The number of nitrogens with one attached hydrogen (secondary N) is 4. The fraction of sp³-hybridized carbons (Fsp3) is 0.821. The van der Waals surface area contributed by atoms with Crippen molar-refractivity contribution >= 4 is 78.9 Å². The second-order valence-corrected chi connectivity index (χ2v) is 15.9. The molecule has 0 aromatic rings. The lowest BCUT2D eigenvalue weighted by molar-refractivity contribution is -0.140. The van der Waals surface area contributed by atoms with Crippen LogP contribution in [0.3, 0.4) is 0 Å². The topological polar surface area (TPSA) is 282 Å². The molecule has 0 aromatic carbocycles. The molecule has 3 unspecified atom stereocenters. The lowest BCUT2D eigenvalue weighted by Gasteiger charge is -2.32. The third kappa shape index (κ3) is 39.9. The molecule has 0 aliphatic carbocycles. The first kappa shape index (κ1) is 63.4. The Kier molecular flexibility index (Phi) is 43.0. The van der Waals surface area contributed by atoms with Crippen LogP contribution in [-0.4, -0.2) is 215 Å². The minimum absolute atomic E-state index is 0.0371. The number of aliphatic carboxylic acids is 5. The monoisotopic (exact) mass is 946 g/mol. The molecule has 1 aliphatic rings. The van der Waals surface area contributed by atoms with Crippen LogP contribution in [0.15, 0.2) is 0 Å². The number of carbonyl (C=O) groups is 7. The van der Waals surface area contributed by atoms with Gasteiger partial charge in [-0.1, -0.05) is 59.4 Å². The van der Waals surface area contributed by atoms with E-state index in [0.717, 1.165) is 43.4 Å². The van der Waals surface area contributed by atoms with E-state index in [1.807, 2.05) is 18.7 Å². The van der Waals surface area contributed by atoms with Crippen LogP contribution in [0.2, 0.25) is 0 Å². The molecule has 2 amide bonds. The SMILES string of the molecule is CC.CC(=O)O.CCC(C)C(CC)CCSNC(CNCCC(=O)O)C(=O)NCCNC(=O)CN1CCN(CC(=O)O)CCN(CC(=O)O)CCN(CC(=O)O)CC1.SCCS. The van der Waals surface area contributed by atoms with Crippen molar-refractivity contribution in [2.75, 3.05) is 122 Å². The summed E-state index contributed by atoms with van der Waals surface area (Å²) >= 11 is 9.15. The number of carboxylic acid groups (broad SMARTS) is 5. The minimum atomic E-state index is -1.04. The largest absolute Gasteiger partial charge is 0.481 e. The van der Waals surface area contributed by atoms with Crippen molar-refractivity contribution in [1.82, 2.24) is 40.3 Å². The van der Waals surface area contributed by atoms with E-state index >= 15 is 0 Å². The zero-order valence-electron chi connectivity index (χ0n) is 37.7. The Morgan fingerprint density at radius 2 is 1.03 bits per heavy atom. The van der Waals surface area contributed by atoms with Crippen molar-refractivity contribution in [3.8, 4) is 0 Å². The van der Waals surface area contributed by atoms with Crippen LogP contribution < -0.4 is 20.7 Å². The van der Waals surface area contributed by atoms with E-state index in [1.54, 1.807) is 14.7 Å². The van der Waals surface area contributed by atoms with Gasteiger partial charge in [-0.3, -0.25) is 57.9 Å². The van der Waals surface area contributed by atoms with E-state index in [1.165, 1.54) is 11.9 Å². The zero-order valence-corrected chi connectivity index (χ0v) is 40.3. The molecule has 1 fully saturated rings. The molecule has 3 atom stereocenters. The Hall–Kier alpha value is -2.90. The summed E-state index contributed by atoms with van der Waals surface area (Å²) in [6.45, 7) is 13.9. The zero-order chi connectivity index (χ0) is 47.9. The molecule has 1 saturated heterocycles. The first-order valence-corrected chi connectivity index (χ1v) is 23.4. The van der Waals surface area contributed by atoms with Crippen LogP contribution in [0.5, 0.6) is 0 Å². The smallest absolute Gasteiger partial charge is 0.317 e. The minimum Gasteiger partial charge on any atom is -0.481 e. The van der Waals surface area contributed by atoms with Crippen molar-refractivity contribution in [3.63, 3.8) is 0 Å². The van der Waals surface area contributed by atoms with Gasteiger partial charge in [0.05, 0.1) is 32.6 Å². The van der Waals surface area contributed by atoms with Gasteiger partial charge in [0.15, 0.2) is 0 Å². The average molecular weight is 947 g/mol. The molecular formula is C39H78N8O12S3. The summed E-state index contributed by atoms with van der Waals surface area (Å²) in [5.74, 6) is -1.70. The number of hydrogen-bond donors (Lipinski definition) is 11. The lowest BCUT2D eigenvalue weighted by atomic mass is 9.88. The number of rotatable bonds is 26. The molecule has 0 spiro atoms. The highest BCUT2D eigenvalue weighted by Gasteiger charge is 2.22. The van der Waals surface area contributed by atoms with Crippen molar-refractivity contribution in [1.29, 1.82) is 0 Å². The highest BCUT2D eigenvalue weighted by Crippen LogP contribution is 2.23. The highest BCUT2D eigenvalue weighted by atomic mass is 32.2. The molecule has 20 nitrogen and oxygen atoms in total. The van der Waals surface area contributed by atoms with Crippen LogP contribution >= 0.6 is 37.2 Å². The van der Waals surface area contributed by atoms with Crippen molar-refractivity contribution in [2.45, 2.75) is 73.3 Å². The Balaban J connectivity index is -0.00000314. The standard InChI is InChI=1S/C33H62N8O10S.C2H4O2.C2H6S2.C2H6/c1-4-25(3)26(5-2)7-19-52-37-27(20-34-8-6-29(43)44)33(51)36-10-9-35-28(42)21-38-11-13-39(22-30(45)46)15-17-41(24-32(49)50)18-16-40(14-12-38)23-31(47)48;1-2(3)4;3-1-2-4;1-2/h25-27,34,37H,4-24H2,1-3H3,(H,35,42)(H,36,51)(H,43,44)(H,45,46)(H,47,48)(H,49,50);1H3,(H,3,4);3-4H,1-2H2;1-2H3. The second-order valence-electron chi connectivity index (χ2n) is 14.1. The third-order valence-electron chi connectivity index (χ3n) is 9.19. The molecule has 0 aromatic heterocycles. The average Bonchev–Trinajstić information content (AvgIpc) is 3.20. The van der Waals surface area contributed by atoms with Gasteiger partial charge in [0.1, 0.15) is 6.04 Å². The maximum Gasteiger partial charge on any atom is 0.317 e. The van der Waals surface area contributed by atoms with Crippen LogP contribution in [-0.2, 0) is 33.6 Å². The summed E-state index contributed by atoms with van der Waals surface area (Å²) in [6.07, 6.45) is 3.13. The number of nitrogens with zero attached hydrogens (tertiary/aromatic N) is 4. The summed E-state index contributed by atoms with van der Waals surface area (Å²) in [4.78, 5) is 87.2. The molecule has 62 heavy (non-hydrogen) atoms. The maximum absolute atomic E-state index is 13.1. The van der Waals surface area contributed by atoms with Crippen LogP contribution in [0.4, 0.5) is 0 Å². The quantitative estimate of drug-likeness (QED) is 0.0325. The van der Waals surface area contributed by atoms with Gasteiger partial charge in [-0.15, -0.1) is 0 Å². The number of hydrogen-bond acceptors (Lipinski definition) is 16. The van der Waals surface area contributed by atoms with E-state index < -0.39 is 35.9 Å². The van der Waals surface area contributed by atoms with Gasteiger partial charge in [-0.05, 0) is 29.8 Å². The van der Waals surface area contributed by atoms with Crippen molar-refractivity contribution < 1.29 is 59.1 Å². The van der Waals surface area contributed by atoms with Gasteiger partial charge >= 0.3 is 23.9 Å². The normalized spacial score (nSPS) is 15.7. The molecule has 1 rings (SSSR count). The Labute approximate surface area is 384 Å². The summed E-state index contributed by atoms with van der Waals surface area (Å²) < 4.78 is 3.21. The highest BCUT2D eigenvalue weighted by molar-refractivity contribution is 7.97. The van der Waals surface area contributed by atoms with Gasteiger partial charge in [-0.2, -0.15) is 25.3 Å².